The van der Waals surface area contributed by atoms with Gasteiger partial charge in [0.1, 0.15) is 5.82 Å². The Morgan fingerprint density at radius 3 is 2.50 bits per heavy atom. The summed E-state index contributed by atoms with van der Waals surface area (Å²) in [7, 11) is 3.11. The molecule has 1 aromatic carbocycles. The Balaban J connectivity index is 2.67. The minimum absolute atomic E-state index is 0.0900. The van der Waals surface area contributed by atoms with Crippen LogP contribution in [0.5, 0.6) is 0 Å². The first-order valence-corrected chi connectivity index (χ1v) is 5.95. The molecule has 0 aromatic heterocycles. The molecule has 0 spiro atoms. The van der Waals surface area contributed by atoms with Gasteiger partial charge in [0.25, 0.3) is 0 Å². The third-order valence-corrected chi connectivity index (χ3v) is 2.74. The van der Waals surface area contributed by atoms with Gasteiger partial charge >= 0.3 is 0 Å². The SMILES string of the molecule is COC(CC(CN)Nc1cc(F)cc(Cl)c1)OC. The van der Waals surface area contributed by atoms with Gasteiger partial charge in [-0.3, -0.25) is 0 Å². The molecule has 0 heterocycles. The van der Waals surface area contributed by atoms with Gasteiger partial charge in [-0.25, -0.2) is 4.39 Å². The number of hydrogen-bond acceptors (Lipinski definition) is 4. The van der Waals surface area contributed by atoms with E-state index in [-0.39, 0.29) is 12.3 Å². The molecule has 3 N–H and O–H groups in total. The standard InChI is InChI=1S/C12H18ClFN2O2/c1-17-12(18-2)6-11(7-15)16-10-4-8(13)3-9(14)5-10/h3-5,11-12,16H,6-7,15H2,1-2H3. The van der Waals surface area contributed by atoms with Crippen molar-refractivity contribution in [2.24, 2.45) is 5.73 Å². The van der Waals surface area contributed by atoms with Gasteiger partial charge in [0.15, 0.2) is 6.29 Å². The quantitative estimate of drug-likeness (QED) is 0.750. The maximum absolute atomic E-state index is 13.2. The second-order valence-corrected chi connectivity index (χ2v) is 4.31. The van der Waals surface area contributed by atoms with Crippen molar-refractivity contribution in [1.82, 2.24) is 0 Å². The van der Waals surface area contributed by atoms with Crippen LogP contribution in [0.25, 0.3) is 0 Å². The fraction of sp³-hybridized carbons (Fsp3) is 0.500. The van der Waals surface area contributed by atoms with Gasteiger partial charge in [-0.1, -0.05) is 11.6 Å². The summed E-state index contributed by atoms with van der Waals surface area (Å²) < 4.78 is 23.4. The van der Waals surface area contributed by atoms with Crippen LogP contribution in [0.2, 0.25) is 5.02 Å². The maximum atomic E-state index is 13.2. The van der Waals surface area contributed by atoms with Crippen molar-refractivity contribution < 1.29 is 13.9 Å². The van der Waals surface area contributed by atoms with E-state index in [4.69, 9.17) is 26.8 Å². The molecule has 0 fully saturated rings. The van der Waals surface area contributed by atoms with Crippen LogP contribution in [0.3, 0.4) is 0 Å². The van der Waals surface area contributed by atoms with E-state index < -0.39 is 5.82 Å². The highest BCUT2D eigenvalue weighted by atomic mass is 35.5. The van der Waals surface area contributed by atoms with E-state index in [0.29, 0.717) is 23.7 Å². The van der Waals surface area contributed by atoms with Gasteiger partial charge in [0.05, 0.1) is 0 Å². The van der Waals surface area contributed by atoms with Crippen LogP contribution in [0, 0.1) is 5.82 Å². The zero-order valence-corrected chi connectivity index (χ0v) is 11.2. The fourth-order valence-corrected chi connectivity index (χ4v) is 1.83. The molecule has 0 aliphatic heterocycles. The van der Waals surface area contributed by atoms with Crippen molar-refractivity contribution in [3.8, 4) is 0 Å². The number of anilines is 1. The number of rotatable bonds is 7. The Morgan fingerprint density at radius 1 is 1.33 bits per heavy atom. The zero-order chi connectivity index (χ0) is 13.5. The summed E-state index contributed by atoms with van der Waals surface area (Å²) >= 11 is 5.78. The van der Waals surface area contributed by atoms with Gasteiger partial charge in [0, 0.05) is 43.9 Å². The molecule has 0 radical (unpaired) electrons. The first-order chi connectivity index (χ1) is 8.58. The van der Waals surface area contributed by atoms with E-state index in [9.17, 15) is 4.39 Å². The van der Waals surface area contributed by atoms with E-state index in [1.807, 2.05) is 0 Å². The molecular formula is C12H18ClFN2O2. The van der Waals surface area contributed by atoms with E-state index in [0.717, 1.165) is 0 Å². The molecule has 0 bridgehead atoms. The van der Waals surface area contributed by atoms with E-state index in [1.54, 1.807) is 20.3 Å². The highest BCUT2D eigenvalue weighted by Crippen LogP contribution is 2.19. The summed E-state index contributed by atoms with van der Waals surface area (Å²) in [4.78, 5) is 0. The van der Waals surface area contributed by atoms with Crippen LogP contribution in [0.15, 0.2) is 18.2 Å². The summed E-state index contributed by atoms with van der Waals surface area (Å²) in [6, 6.07) is 4.16. The normalized spacial score (nSPS) is 12.8. The summed E-state index contributed by atoms with van der Waals surface area (Å²) in [5.74, 6) is -0.393. The fourth-order valence-electron chi connectivity index (χ4n) is 1.61. The molecule has 6 heteroatoms. The largest absolute Gasteiger partial charge is 0.381 e. The van der Waals surface area contributed by atoms with Crippen molar-refractivity contribution in [3.63, 3.8) is 0 Å². The molecule has 1 atom stereocenters. The van der Waals surface area contributed by atoms with E-state index >= 15 is 0 Å². The molecular weight excluding hydrogens is 259 g/mol. The molecule has 4 nitrogen and oxygen atoms in total. The Kier molecular flexibility index (Phi) is 6.35. The highest BCUT2D eigenvalue weighted by molar-refractivity contribution is 6.30. The van der Waals surface area contributed by atoms with Gasteiger partial charge in [-0.05, 0) is 18.2 Å². The Morgan fingerprint density at radius 2 is 2.00 bits per heavy atom. The number of ether oxygens (including phenoxy) is 2. The number of nitrogens with one attached hydrogen (secondary N) is 1. The molecule has 1 aromatic rings. The Bertz CT molecular complexity index is 355. The van der Waals surface area contributed by atoms with Gasteiger partial charge in [-0.15, -0.1) is 0 Å². The lowest BCUT2D eigenvalue weighted by Gasteiger charge is -2.22. The molecule has 0 aliphatic rings. The van der Waals surface area contributed by atoms with Crippen LogP contribution in [-0.2, 0) is 9.47 Å². The monoisotopic (exact) mass is 276 g/mol. The van der Waals surface area contributed by atoms with Crippen molar-refractivity contribution in [2.45, 2.75) is 18.8 Å². The van der Waals surface area contributed by atoms with Crippen molar-refractivity contribution in [2.75, 3.05) is 26.1 Å². The Hall–Kier alpha value is -0.880. The number of benzene rings is 1. The molecule has 102 valence electrons. The minimum Gasteiger partial charge on any atom is -0.381 e. The summed E-state index contributed by atoms with van der Waals surface area (Å²) in [6.07, 6.45) is 0.201. The average molecular weight is 277 g/mol. The molecule has 0 saturated carbocycles. The second kappa shape index (κ2) is 7.53. The van der Waals surface area contributed by atoms with Gasteiger partial charge in [-0.2, -0.15) is 0 Å². The van der Waals surface area contributed by atoms with Gasteiger partial charge < -0.3 is 20.5 Å². The molecule has 0 aliphatic carbocycles. The number of methoxy groups -OCH3 is 2. The molecule has 18 heavy (non-hydrogen) atoms. The van der Waals surface area contributed by atoms with Crippen LogP contribution in [0.4, 0.5) is 10.1 Å². The minimum atomic E-state index is -0.393. The summed E-state index contributed by atoms with van der Waals surface area (Å²) in [6.45, 7) is 0.372. The smallest absolute Gasteiger partial charge is 0.158 e. The summed E-state index contributed by atoms with van der Waals surface area (Å²) in [5, 5.41) is 3.44. The second-order valence-electron chi connectivity index (χ2n) is 3.87. The number of halogens is 2. The number of nitrogens with two attached hydrogens (primary N) is 1. The Labute approximate surface area is 111 Å². The van der Waals surface area contributed by atoms with Crippen LogP contribution >= 0.6 is 11.6 Å². The zero-order valence-electron chi connectivity index (χ0n) is 10.5. The topological polar surface area (TPSA) is 56.5 Å². The molecule has 0 amide bonds. The lowest BCUT2D eigenvalue weighted by molar-refractivity contribution is -0.107. The molecule has 1 unspecified atom stereocenters. The maximum Gasteiger partial charge on any atom is 0.158 e. The third kappa shape index (κ3) is 4.78. The van der Waals surface area contributed by atoms with E-state index in [1.165, 1.54) is 12.1 Å². The number of hydrogen-bond donors (Lipinski definition) is 2. The van der Waals surface area contributed by atoms with Crippen molar-refractivity contribution in [1.29, 1.82) is 0 Å². The van der Waals surface area contributed by atoms with Crippen LogP contribution < -0.4 is 11.1 Å². The third-order valence-electron chi connectivity index (χ3n) is 2.52. The van der Waals surface area contributed by atoms with Crippen molar-refractivity contribution >= 4 is 17.3 Å². The highest BCUT2D eigenvalue weighted by Gasteiger charge is 2.14. The molecule has 1 rings (SSSR count). The first-order valence-electron chi connectivity index (χ1n) is 5.57. The lowest BCUT2D eigenvalue weighted by atomic mass is 10.2. The summed E-state index contributed by atoms with van der Waals surface area (Å²) in [5.41, 5.74) is 6.24. The predicted octanol–water partition coefficient (Wildman–Crippen LogP) is 2.23. The molecule has 0 saturated heterocycles. The van der Waals surface area contributed by atoms with Crippen LogP contribution in [0.1, 0.15) is 6.42 Å². The van der Waals surface area contributed by atoms with Crippen molar-refractivity contribution in [3.05, 3.63) is 29.0 Å². The van der Waals surface area contributed by atoms with E-state index in [2.05, 4.69) is 5.32 Å². The predicted molar refractivity (Wildman–Crippen MR) is 70.3 cm³/mol. The average Bonchev–Trinajstić information content (AvgIpc) is 2.33. The van der Waals surface area contributed by atoms with Crippen LogP contribution in [-0.4, -0.2) is 33.1 Å². The van der Waals surface area contributed by atoms with Gasteiger partial charge in [0.2, 0.25) is 0 Å². The lowest BCUT2D eigenvalue weighted by Crippen LogP contribution is -2.34. The first kappa shape index (κ1) is 15.2.